The molecule has 0 bridgehead atoms. The number of rotatable bonds is 7. The molecular weight excluding hydrogens is 230 g/mol. The summed E-state index contributed by atoms with van der Waals surface area (Å²) in [7, 11) is 0. The van der Waals surface area contributed by atoms with Crippen molar-refractivity contribution in [1.29, 1.82) is 0 Å². The van der Waals surface area contributed by atoms with Crippen LogP contribution in [0.3, 0.4) is 0 Å². The van der Waals surface area contributed by atoms with Crippen LogP contribution in [0.1, 0.15) is 51.5 Å². The highest BCUT2D eigenvalue weighted by Crippen LogP contribution is 2.33. The fourth-order valence-electron chi connectivity index (χ4n) is 3.50. The molecule has 1 saturated carbocycles. The molecule has 0 aliphatic heterocycles. The summed E-state index contributed by atoms with van der Waals surface area (Å²) in [6.45, 7) is 5.96. The van der Waals surface area contributed by atoms with Gasteiger partial charge in [-0.25, -0.2) is 0 Å². The summed E-state index contributed by atoms with van der Waals surface area (Å²) in [5.41, 5.74) is 1.47. The van der Waals surface area contributed by atoms with Crippen molar-refractivity contribution >= 4 is 0 Å². The predicted octanol–water partition coefficient (Wildman–Crippen LogP) is 4.42. The molecule has 1 aliphatic carbocycles. The van der Waals surface area contributed by atoms with E-state index in [2.05, 4.69) is 49.5 Å². The maximum atomic E-state index is 3.78. The Balaban J connectivity index is 1.57. The number of unbranched alkanes of at least 4 members (excludes halogenated alkanes) is 1. The van der Waals surface area contributed by atoms with Crippen molar-refractivity contribution < 1.29 is 0 Å². The average Bonchev–Trinajstić information content (AvgIpc) is 2.80. The third kappa shape index (κ3) is 4.35. The molecule has 3 unspecified atom stereocenters. The van der Waals surface area contributed by atoms with Gasteiger partial charge in [0.05, 0.1) is 0 Å². The maximum absolute atomic E-state index is 3.78. The molecule has 1 aromatic rings. The van der Waals surface area contributed by atoms with Crippen molar-refractivity contribution in [1.82, 2.24) is 5.32 Å². The first kappa shape index (κ1) is 14.6. The number of hydrogen-bond donors (Lipinski definition) is 1. The fourth-order valence-corrected chi connectivity index (χ4v) is 3.50. The van der Waals surface area contributed by atoms with E-state index in [0.717, 1.165) is 17.9 Å². The van der Waals surface area contributed by atoms with Crippen LogP contribution in [0.4, 0.5) is 0 Å². The summed E-state index contributed by atoms with van der Waals surface area (Å²) in [6, 6.07) is 11.6. The first-order chi connectivity index (χ1) is 9.31. The lowest BCUT2D eigenvalue weighted by Gasteiger charge is -2.21. The zero-order chi connectivity index (χ0) is 13.5. The zero-order valence-electron chi connectivity index (χ0n) is 12.6. The van der Waals surface area contributed by atoms with Crippen molar-refractivity contribution in [3.8, 4) is 0 Å². The molecule has 19 heavy (non-hydrogen) atoms. The van der Waals surface area contributed by atoms with Gasteiger partial charge in [-0.1, -0.05) is 50.6 Å². The van der Waals surface area contributed by atoms with Crippen LogP contribution in [0.2, 0.25) is 0 Å². The lowest BCUT2D eigenvalue weighted by atomic mass is 9.93. The maximum Gasteiger partial charge on any atom is 0.00954 e. The Morgan fingerprint density at radius 1 is 1.11 bits per heavy atom. The fraction of sp³-hybridized carbons (Fsp3) is 0.667. The lowest BCUT2D eigenvalue weighted by Crippen LogP contribution is -2.33. The number of benzene rings is 1. The second kappa shape index (κ2) is 7.69. The molecule has 0 spiro atoms. The smallest absolute Gasteiger partial charge is 0.00954 e. The number of nitrogens with one attached hydrogen (secondary N) is 1. The first-order valence-electron chi connectivity index (χ1n) is 8.08. The molecule has 0 amide bonds. The van der Waals surface area contributed by atoms with Crippen LogP contribution < -0.4 is 5.32 Å². The van der Waals surface area contributed by atoms with Crippen LogP contribution in [0.25, 0.3) is 0 Å². The van der Waals surface area contributed by atoms with E-state index < -0.39 is 0 Å². The molecule has 0 aromatic heterocycles. The Bertz CT molecular complexity index is 346. The first-order valence-corrected chi connectivity index (χ1v) is 8.08. The van der Waals surface area contributed by atoms with Crippen LogP contribution in [-0.4, -0.2) is 12.6 Å². The van der Waals surface area contributed by atoms with Gasteiger partial charge in [0, 0.05) is 6.04 Å². The van der Waals surface area contributed by atoms with Gasteiger partial charge in [0.25, 0.3) is 0 Å². The molecular formula is C18H29N. The second-order valence-corrected chi connectivity index (χ2v) is 6.11. The van der Waals surface area contributed by atoms with Gasteiger partial charge >= 0.3 is 0 Å². The minimum atomic E-state index is 0.779. The molecule has 2 rings (SSSR count). The highest BCUT2D eigenvalue weighted by molar-refractivity contribution is 5.14. The Labute approximate surface area is 118 Å². The normalized spacial score (nSPS) is 26.7. The van der Waals surface area contributed by atoms with Gasteiger partial charge < -0.3 is 5.32 Å². The van der Waals surface area contributed by atoms with E-state index in [1.807, 2.05) is 0 Å². The summed E-state index contributed by atoms with van der Waals surface area (Å²) in [6.07, 6.45) is 8.00. The highest BCUT2D eigenvalue weighted by Gasteiger charge is 2.30. The van der Waals surface area contributed by atoms with Crippen LogP contribution >= 0.6 is 0 Å². The second-order valence-electron chi connectivity index (χ2n) is 6.11. The van der Waals surface area contributed by atoms with Gasteiger partial charge in [-0.15, -0.1) is 0 Å². The molecule has 1 aliphatic rings. The summed E-state index contributed by atoms with van der Waals surface area (Å²) in [5.74, 6) is 1.83. The van der Waals surface area contributed by atoms with E-state index in [-0.39, 0.29) is 0 Å². The molecule has 106 valence electrons. The number of hydrogen-bond acceptors (Lipinski definition) is 1. The number of aryl methyl sites for hydroxylation is 1. The largest absolute Gasteiger partial charge is 0.314 e. The Kier molecular flexibility index (Phi) is 5.91. The molecule has 0 heterocycles. The van der Waals surface area contributed by atoms with Gasteiger partial charge in [-0.05, 0) is 56.0 Å². The predicted molar refractivity (Wildman–Crippen MR) is 83.3 cm³/mol. The highest BCUT2D eigenvalue weighted by atomic mass is 14.9. The molecule has 3 atom stereocenters. The van der Waals surface area contributed by atoms with Crippen molar-refractivity contribution in [3.63, 3.8) is 0 Å². The van der Waals surface area contributed by atoms with Gasteiger partial charge in [0.2, 0.25) is 0 Å². The van der Waals surface area contributed by atoms with Crippen LogP contribution in [0.15, 0.2) is 30.3 Å². The van der Waals surface area contributed by atoms with E-state index in [4.69, 9.17) is 0 Å². The lowest BCUT2D eigenvalue weighted by molar-refractivity contribution is 0.344. The van der Waals surface area contributed by atoms with Crippen molar-refractivity contribution in [2.75, 3.05) is 6.54 Å². The van der Waals surface area contributed by atoms with E-state index in [9.17, 15) is 0 Å². The molecule has 1 N–H and O–H groups in total. The zero-order valence-corrected chi connectivity index (χ0v) is 12.6. The van der Waals surface area contributed by atoms with Crippen molar-refractivity contribution in [2.24, 2.45) is 11.8 Å². The SMILES string of the molecule is CCC1CCC(NCCCCc2ccccc2)C1C. The quantitative estimate of drug-likeness (QED) is 0.715. The Morgan fingerprint density at radius 2 is 1.89 bits per heavy atom. The van der Waals surface area contributed by atoms with E-state index >= 15 is 0 Å². The monoisotopic (exact) mass is 259 g/mol. The molecule has 1 fully saturated rings. The summed E-state index contributed by atoms with van der Waals surface area (Å²) < 4.78 is 0. The standard InChI is InChI=1S/C18H29N/c1-3-17-12-13-18(15(17)2)19-14-8-7-11-16-9-5-4-6-10-16/h4-6,9-10,15,17-19H,3,7-8,11-14H2,1-2H3. The Morgan fingerprint density at radius 3 is 2.58 bits per heavy atom. The van der Waals surface area contributed by atoms with Crippen molar-refractivity contribution in [2.45, 2.75) is 58.4 Å². The minimum absolute atomic E-state index is 0.779. The summed E-state index contributed by atoms with van der Waals surface area (Å²) in [5, 5.41) is 3.78. The minimum Gasteiger partial charge on any atom is -0.314 e. The van der Waals surface area contributed by atoms with Gasteiger partial charge in [-0.3, -0.25) is 0 Å². The molecule has 1 aromatic carbocycles. The summed E-state index contributed by atoms with van der Waals surface area (Å²) >= 11 is 0. The Hall–Kier alpha value is -0.820. The topological polar surface area (TPSA) is 12.0 Å². The molecule has 0 saturated heterocycles. The molecule has 1 heteroatoms. The van der Waals surface area contributed by atoms with E-state index in [1.54, 1.807) is 0 Å². The van der Waals surface area contributed by atoms with Gasteiger partial charge in [-0.2, -0.15) is 0 Å². The van der Waals surface area contributed by atoms with E-state index in [1.165, 1.54) is 50.6 Å². The van der Waals surface area contributed by atoms with Crippen LogP contribution in [0.5, 0.6) is 0 Å². The summed E-state index contributed by atoms with van der Waals surface area (Å²) in [4.78, 5) is 0. The van der Waals surface area contributed by atoms with Gasteiger partial charge in [0.15, 0.2) is 0 Å². The average molecular weight is 259 g/mol. The third-order valence-electron chi connectivity index (χ3n) is 4.89. The van der Waals surface area contributed by atoms with Gasteiger partial charge in [0.1, 0.15) is 0 Å². The molecule has 0 radical (unpaired) electrons. The van der Waals surface area contributed by atoms with E-state index in [0.29, 0.717) is 0 Å². The van der Waals surface area contributed by atoms with Crippen molar-refractivity contribution in [3.05, 3.63) is 35.9 Å². The van der Waals surface area contributed by atoms with Crippen LogP contribution in [-0.2, 0) is 6.42 Å². The molecule has 1 nitrogen and oxygen atoms in total. The van der Waals surface area contributed by atoms with Crippen LogP contribution in [0, 0.1) is 11.8 Å². The third-order valence-corrected chi connectivity index (χ3v) is 4.89.